The van der Waals surface area contributed by atoms with E-state index in [1.54, 1.807) is 30.5 Å². The molecule has 1 aromatic heterocycles. The number of amides is 1. The number of rotatable bonds is 3. The number of carbonyl (C=O) groups is 1. The fourth-order valence-electron chi connectivity index (χ4n) is 3.74. The third-order valence-electron chi connectivity index (χ3n) is 5.29. The molecule has 1 amide bonds. The van der Waals surface area contributed by atoms with Crippen LogP contribution < -0.4 is 11.1 Å². The van der Waals surface area contributed by atoms with Crippen molar-refractivity contribution < 1.29 is 9.18 Å². The highest BCUT2D eigenvalue weighted by Gasteiger charge is 2.29. The third kappa shape index (κ3) is 2.76. The van der Waals surface area contributed by atoms with Crippen molar-refractivity contribution in [3.8, 4) is 5.69 Å². The zero-order valence-corrected chi connectivity index (χ0v) is 14.6. The second-order valence-electron chi connectivity index (χ2n) is 7.19. The first kappa shape index (κ1) is 16.7. The van der Waals surface area contributed by atoms with E-state index in [4.69, 9.17) is 5.73 Å². The summed E-state index contributed by atoms with van der Waals surface area (Å²) < 4.78 is 16.3. The van der Waals surface area contributed by atoms with Gasteiger partial charge in [-0.3, -0.25) is 4.79 Å². The van der Waals surface area contributed by atoms with Gasteiger partial charge in [-0.25, -0.2) is 9.07 Å². The van der Waals surface area contributed by atoms with E-state index in [1.165, 1.54) is 4.68 Å². The number of nitrogens with zero attached hydrogens (tertiary/aromatic N) is 2. The number of piperidine rings is 1. The zero-order valence-electron chi connectivity index (χ0n) is 14.6. The second-order valence-corrected chi connectivity index (χ2v) is 7.19. The summed E-state index contributed by atoms with van der Waals surface area (Å²) >= 11 is 0. The number of nitrogens with two attached hydrogens (primary N) is 1. The number of halogens is 1. The SMILES string of the molecule is CC1(c2ccc(-n3cc4cccc(C(N)=O)c4n3)c(F)c2)CCCNC1. The first-order chi connectivity index (χ1) is 12.5. The Morgan fingerprint density at radius 1 is 1.35 bits per heavy atom. The quantitative estimate of drug-likeness (QED) is 0.761. The molecule has 5 nitrogen and oxygen atoms in total. The third-order valence-corrected chi connectivity index (χ3v) is 5.29. The van der Waals surface area contributed by atoms with Crippen LogP contribution in [-0.4, -0.2) is 28.8 Å². The number of primary amides is 1. The summed E-state index contributed by atoms with van der Waals surface area (Å²) in [7, 11) is 0. The van der Waals surface area contributed by atoms with Crippen LogP contribution in [0.1, 0.15) is 35.7 Å². The Bertz CT molecular complexity index is 989. The van der Waals surface area contributed by atoms with Crippen LogP contribution in [0, 0.1) is 5.82 Å². The summed E-state index contributed by atoms with van der Waals surface area (Å²) in [5.74, 6) is -0.878. The molecule has 1 aliphatic rings. The molecule has 6 heteroatoms. The lowest BCUT2D eigenvalue weighted by atomic mass is 9.76. The van der Waals surface area contributed by atoms with Crippen LogP contribution in [-0.2, 0) is 5.41 Å². The standard InChI is InChI=1S/C20H21FN4O/c1-20(8-3-9-23-12-20)14-6-7-17(16(21)10-14)25-11-13-4-2-5-15(19(22)26)18(13)24-25/h2,4-7,10-11,23H,3,8-9,12H2,1H3,(H2,22,26). The van der Waals surface area contributed by atoms with E-state index < -0.39 is 5.91 Å². The van der Waals surface area contributed by atoms with Crippen molar-refractivity contribution in [3.05, 3.63) is 59.5 Å². The number of nitrogens with one attached hydrogen (secondary N) is 1. The molecule has 134 valence electrons. The Labute approximate surface area is 151 Å². The Morgan fingerprint density at radius 3 is 2.88 bits per heavy atom. The lowest BCUT2D eigenvalue weighted by Gasteiger charge is -2.34. The minimum atomic E-state index is -0.547. The second kappa shape index (κ2) is 6.21. The van der Waals surface area contributed by atoms with E-state index in [9.17, 15) is 9.18 Å². The van der Waals surface area contributed by atoms with E-state index in [0.717, 1.165) is 36.9 Å². The van der Waals surface area contributed by atoms with Crippen LogP contribution in [0.3, 0.4) is 0 Å². The van der Waals surface area contributed by atoms with Crippen molar-refractivity contribution in [3.63, 3.8) is 0 Å². The maximum Gasteiger partial charge on any atom is 0.250 e. The van der Waals surface area contributed by atoms with Gasteiger partial charge in [0.15, 0.2) is 0 Å². The lowest BCUT2D eigenvalue weighted by molar-refractivity contribution is 0.100. The van der Waals surface area contributed by atoms with Gasteiger partial charge in [0.1, 0.15) is 17.0 Å². The van der Waals surface area contributed by atoms with Gasteiger partial charge in [0.25, 0.3) is 5.91 Å². The highest BCUT2D eigenvalue weighted by molar-refractivity contribution is 6.04. The summed E-state index contributed by atoms with van der Waals surface area (Å²) in [6.07, 6.45) is 3.83. The highest BCUT2D eigenvalue weighted by Crippen LogP contribution is 2.32. The largest absolute Gasteiger partial charge is 0.366 e. The fraction of sp³-hybridized carbons (Fsp3) is 0.300. The van der Waals surface area contributed by atoms with E-state index >= 15 is 0 Å². The molecule has 0 aliphatic carbocycles. The molecule has 0 radical (unpaired) electrons. The summed E-state index contributed by atoms with van der Waals surface area (Å²) in [6.45, 7) is 4.02. The maximum atomic E-state index is 14.9. The van der Waals surface area contributed by atoms with Crippen LogP contribution in [0.4, 0.5) is 4.39 Å². The minimum Gasteiger partial charge on any atom is -0.366 e. The number of aromatic nitrogens is 2. The molecular formula is C20H21FN4O. The summed E-state index contributed by atoms with van der Waals surface area (Å²) in [5.41, 5.74) is 7.49. The van der Waals surface area contributed by atoms with Crippen molar-refractivity contribution in [2.75, 3.05) is 13.1 Å². The number of hydrogen-bond donors (Lipinski definition) is 2. The van der Waals surface area contributed by atoms with Gasteiger partial charge in [-0.1, -0.05) is 25.1 Å². The Morgan fingerprint density at radius 2 is 2.19 bits per heavy atom. The molecule has 2 aromatic carbocycles. The lowest BCUT2D eigenvalue weighted by Crippen LogP contribution is -2.41. The van der Waals surface area contributed by atoms with Crippen molar-refractivity contribution in [2.24, 2.45) is 5.73 Å². The van der Waals surface area contributed by atoms with Gasteiger partial charge in [-0.15, -0.1) is 0 Å². The smallest absolute Gasteiger partial charge is 0.250 e. The van der Waals surface area contributed by atoms with Gasteiger partial charge in [-0.05, 0) is 43.1 Å². The topological polar surface area (TPSA) is 72.9 Å². The van der Waals surface area contributed by atoms with Gasteiger partial charge in [0.2, 0.25) is 0 Å². The average Bonchev–Trinajstić information content (AvgIpc) is 3.05. The number of hydrogen-bond acceptors (Lipinski definition) is 3. The molecule has 1 saturated heterocycles. The average molecular weight is 352 g/mol. The first-order valence-corrected chi connectivity index (χ1v) is 8.77. The molecule has 1 aliphatic heterocycles. The molecule has 0 bridgehead atoms. The Hall–Kier alpha value is -2.73. The number of fused-ring (bicyclic) bond motifs is 1. The molecule has 1 unspecified atom stereocenters. The first-order valence-electron chi connectivity index (χ1n) is 8.77. The molecule has 2 heterocycles. The van der Waals surface area contributed by atoms with E-state index in [2.05, 4.69) is 17.3 Å². The van der Waals surface area contributed by atoms with Crippen LogP contribution in [0.2, 0.25) is 0 Å². The van der Waals surface area contributed by atoms with Gasteiger partial charge >= 0.3 is 0 Å². The van der Waals surface area contributed by atoms with E-state index in [-0.39, 0.29) is 11.2 Å². The predicted molar refractivity (Wildman–Crippen MR) is 99.0 cm³/mol. The van der Waals surface area contributed by atoms with Crippen LogP contribution >= 0.6 is 0 Å². The molecule has 3 aromatic rings. The molecule has 26 heavy (non-hydrogen) atoms. The molecule has 4 rings (SSSR count). The van der Waals surface area contributed by atoms with Crippen LogP contribution in [0.15, 0.2) is 42.6 Å². The fourth-order valence-corrected chi connectivity index (χ4v) is 3.74. The van der Waals surface area contributed by atoms with Gasteiger partial charge in [0, 0.05) is 23.5 Å². The Kier molecular flexibility index (Phi) is 4.00. The normalized spacial score (nSPS) is 20.4. The molecule has 1 atom stereocenters. The van der Waals surface area contributed by atoms with E-state index in [1.807, 2.05) is 12.1 Å². The molecule has 0 spiro atoms. The van der Waals surface area contributed by atoms with Crippen molar-refractivity contribution >= 4 is 16.8 Å². The van der Waals surface area contributed by atoms with Crippen molar-refractivity contribution in [1.82, 2.24) is 15.1 Å². The molecule has 3 N–H and O–H groups in total. The number of benzene rings is 2. The van der Waals surface area contributed by atoms with Crippen LogP contribution in [0.5, 0.6) is 0 Å². The van der Waals surface area contributed by atoms with Crippen LogP contribution in [0.25, 0.3) is 16.6 Å². The van der Waals surface area contributed by atoms with E-state index in [0.29, 0.717) is 16.8 Å². The van der Waals surface area contributed by atoms with Crippen molar-refractivity contribution in [2.45, 2.75) is 25.2 Å². The molecular weight excluding hydrogens is 331 g/mol. The number of carbonyl (C=O) groups excluding carboxylic acids is 1. The van der Waals surface area contributed by atoms with Gasteiger partial charge < -0.3 is 11.1 Å². The zero-order chi connectivity index (χ0) is 18.3. The summed E-state index contributed by atoms with van der Waals surface area (Å²) in [4.78, 5) is 11.6. The Balaban J connectivity index is 1.76. The highest BCUT2D eigenvalue weighted by atomic mass is 19.1. The minimum absolute atomic E-state index is 0.0639. The summed E-state index contributed by atoms with van der Waals surface area (Å²) in [6, 6.07) is 10.5. The van der Waals surface area contributed by atoms with Gasteiger partial charge in [0.05, 0.1) is 5.56 Å². The molecule has 1 fully saturated rings. The molecule has 0 saturated carbocycles. The van der Waals surface area contributed by atoms with Crippen molar-refractivity contribution in [1.29, 1.82) is 0 Å². The van der Waals surface area contributed by atoms with Gasteiger partial charge in [-0.2, -0.15) is 5.10 Å². The maximum absolute atomic E-state index is 14.9. The predicted octanol–water partition coefficient (Wildman–Crippen LogP) is 2.90. The monoisotopic (exact) mass is 352 g/mol. The summed E-state index contributed by atoms with van der Waals surface area (Å²) in [5, 5.41) is 8.52.